The summed E-state index contributed by atoms with van der Waals surface area (Å²) in [5, 5.41) is 14.1. The zero-order chi connectivity index (χ0) is 14.0. The Balaban J connectivity index is 2.23. The summed E-state index contributed by atoms with van der Waals surface area (Å²) in [5.74, 6) is -0.129. The van der Waals surface area contributed by atoms with Crippen LogP contribution in [0.1, 0.15) is 13.8 Å². The highest BCUT2D eigenvalue weighted by molar-refractivity contribution is 7.13. The smallest absolute Gasteiger partial charge is 0.290 e. The van der Waals surface area contributed by atoms with Gasteiger partial charge in [-0.05, 0) is 12.1 Å². The first-order chi connectivity index (χ1) is 8.97. The summed E-state index contributed by atoms with van der Waals surface area (Å²) in [5.41, 5.74) is -0.0710. The van der Waals surface area contributed by atoms with Crippen LogP contribution in [0.15, 0.2) is 22.3 Å². The van der Waals surface area contributed by atoms with Gasteiger partial charge in [-0.15, -0.1) is 11.3 Å². The fourth-order valence-corrected chi connectivity index (χ4v) is 2.05. The van der Waals surface area contributed by atoms with Crippen molar-refractivity contribution in [3.05, 3.63) is 27.9 Å². The Kier molecular flexibility index (Phi) is 3.66. The highest BCUT2D eigenvalue weighted by Crippen LogP contribution is 2.24. The van der Waals surface area contributed by atoms with Crippen LogP contribution in [-0.2, 0) is 4.79 Å². The maximum Gasteiger partial charge on any atom is 0.290 e. The van der Waals surface area contributed by atoms with Gasteiger partial charge in [0.15, 0.2) is 5.75 Å². The Hall–Kier alpha value is -2.15. The van der Waals surface area contributed by atoms with Crippen LogP contribution in [0.5, 0.6) is 5.75 Å². The molecule has 19 heavy (non-hydrogen) atoms. The van der Waals surface area contributed by atoms with Crippen molar-refractivity contribution in [3.63, 3.8) is 0 Å². The van der Waals surface area contributed by atoms with Gasteiger partial charge in [0.2, 0.25) is 5.91 Å². The molecule has 0 atom stereocenters. The second-order valence-corrected chi connectivity index (χ2v) is 5.13. The highest BCUT2D eigenvalue weighted by Gasteiger charge is 2.11. The van der Waals surface area contributed by atoms with Crippen molar-refractivity contribution in [1.82, 2.24) is 9.97 Å². The molecule has 0 saturated heterocycles. The van der Waals surface area contributed by atoms with Crippen LogP contribution in [0, 0.1) is 5.92 Å². The van der Waals surface area contributed by atoms with Gasteiger partial charge in [0, 0.05) is 11.3 Å². The molecule has 2 rings (SSSR count). The predicted molar refractivity (Wildman–Crippen MR) is 73.3 cm³/mol. The lowest BCUT2D eigenvalue weighted by atomic mass is 10.2. The number of rotatable bonds is 3. The van der Waals surface area contributed by atoms with E-state index in [2.05, 4.69) is 15.3 Å². The van der Waals surface area contributed by atoms with Gasteiger partial charge in [-0.3, -0.25) is 9.59 Å². The highest BCUT2D eigenvalue weighted by atomic mass is 32.1. The van der Waals surface area contributed by atoms with Crippen molar-refractivity contribution >= 4 is 23.1 Å². The molecule has 7 heteroatoms. The minimum Gasteiger partial charge on any atom is -0.503 e. The van der Waals surface area contributed by atoms with Crippen molar-refractivity contribution in [2.45, 2.75) is 13.8 Å². The normalized spacial score (nSPS) is 10.7. The van der Waals surface area contributed by atoms with E-state index in [-0.39, 0.29) is 17.6 Å². The van der Waals surface area contributed by atoms with Crippen molar-refractivity contribution in [1.29, 1.82) is 0 Å². The number of hydrogen-bond acceptors (Lipinski definition) is 5. The first kappa shape index (κ1) is 13.3. The van der Waals surface area contributed by atoms with E-state index in [0.717, 1.165) is 0 Å². The molecule has 0 fully saturated rings. The van der Waals surface area contributed by atoms with Gasteiger partial charge in [0.1, 0.15) is 10.8 Å². The van der Waals surface area contributed by atoms with E-state index in [1.165, 1.54) is 17.4 Å². The number of aromatic nitrogens is 2. The lowest BCUT2D eigenvalue weighted by molar-refractivity contribution is -0.118. The third kappa shape index (κ3) is 3.00. The van der Waals surface area contributed by atoms with E-state index < -0.39 is 5.56 Å². The number of nitrogens with zero attached hydrogens (tertiary/aromatic N) is 1. The van der Waals surface area contributed by atoms with Gasteiger partial charge >= 0.3 is 0 Å². The molecule has 100 valence electrons. The summed E-state index contributed by atoms with van der Waals surface area (Å²) in [7, 11) is 0. The zero-order valence-corrected chi connectivity index (χ0v) is 11.2. The molecule has 0 spiro atoms. The molecule has 2 aromatic rings. The molecular weight excluding hydrogens is 266 g/mol. The van der Waals surface area contributed by atoms with Gasteiger partial charge in [-0.25, -0.2) is 4.98 Å². The lowest BCUT2D eigenvalue weighted by Crippen LogP contribution is -2.17. The number of aromatic amines is 1. The van der Waals surface area contributed by atoms with Crippen molar-refractivity contribution < 1.29 is 9.90 Å². The Morgan fingerprint density at radius 1 is 1.47 bits per heavy atom. The van der Waals surface area contributed by atoms with E-state index >= 15 is 0 Å². The van der Waals surface area contributed by atoms with E-state index in [4.69, 9.17) is 5.11 Å². The molecule has 0 saturated carbocycles. The Bertz CT molecular complexity index is 660. The number of aromatic hydroxyl groups is 1. The van der Waals surface area contributed by atoms with Gasteiger partial charge in [-0.1, -0.05) is 13.8 Å². The first-order valence-electron chi connectivity index (χ1n) is 5.66. The molecular formula is C12H13N3O3S. The number of amides is 1. The first-order valence-corrected chi connectivity index (χ1v) is 6.54. The van der Waals surface area contributed by atoms with Crippen LogP contribution in [0.25, 0.3) is 10.7 Å². The lowest BCUT2D eigenvalue weighted by Gasteiger charge is -2.03. The van der Waals surface area contributed by atoms with Crippen molar-refractivity contribution in [2.75, 3.05) is 5.32 Å². The number of H-pyrrole nitrogens is 1. The zero-order valence-electron chi connectivity index (χ0n) is 10.4. The minimum absolute atomic E-state index is 0.115. The molecule has 0 bridgehead atoms. The predicted octanol–water partition coefficient (Wildman–Crippen LogP) is 1.80. The summed E-state index contributed by atoms with van der Waals surface area (Å²) in [6.45, 7) is 3.58. The summed E-state index contributed by atoms with van der Waals surface area (Å²) >= 11 is 1.29. The van der Waals surface area contributed by atoms with Crippen LogP contribution in [-0.4, -0.2) is 21.0 Å². The summed E-state index contributed by atoms with van der Waals surface area (Å²) in [6, 6.07) is 2.87. The second-order valence-electron chi connectivity index (χ2n) is 4.27. The molecule has 2 aromatic heterocycles. The SMILES string of the molecule is CC(C)C(=O)Nc1csc(-c2ccc(O)c(=O)[nH]2)n1. The fourth-order valence-electron chi connectivity index (χ4n) is 1.32. The van der Waals surface area contributed by atoms with E-state index in [0.29, 0.717) is 16.5 Å². The number of pyridine rings is 1. The molecule has 0 unspecified atom stereocenters. The number of carbonyl (C=O) groups is 1. The van der Waals surface area contributed by atoms with Gasteiger partial charge in [-0.2, -0.15) is 0 Å². The summed E-state index contributed by atoms with van der Waals surface area (Å²) in [6.07, 6.45) is 0. The van der Waals surface area contributed by atoms with Crippen molar-refractivity contribution in [2.24, 2.45) is 5.92 Å². The molecule has 0 radical (unpaired) electrons. The number of hydrogen-bond donors (Lipinski definition) is 3. The van der Waals surface area contributed by atoms with E-state index in [1.54, 1.807) is 25.3 Å². The number of anilines is 1. The summed E-state index contributed by atoms with van der Waals surface area (Å²) in [4.78, 5) is 29.5. The maximum absolute atomic E-state index is 11.5. The van der Waals surface area contributed by atoms with E-state index in [9.17, 15) is 9.59 Å². The number of carbonyl (C=O) groups excluding carboxylic acids is 1. The monoisotopic (exact) mass is 279 g/mol. The largest absolute Gasteiger partial charge is 0.503 e. The van der Waals surface area contributed by atoms with Crippen LogP contribution < -0.4 is 10.9 Å². The number of nitrogens with one attached hydrogen (secondary N) is 2. The topological polar surface area (TPSA) is 95.1 Å². The van der Waals surface area contributed by atoms with Gasteiger partial charge in [0.25, 0.3) is 5.56 Å². The molecule has 0 aliphatic carbocycles. The molecule has 0 aliphatic heterocycles. The van der Waals surface area contributed by atoms with Crippen molar-refractivity contribution in [3.8, 4) is 16.5 Å². The third-order valence-corrected chi connectivity index (χ3v) is 3.27. The minimum atomic E-state index is -0.569. The number of thiazole rings is 1. The molecule has 6 nitrogen and oxygen atoms in total. The van der Waals surface area contributed by atoms with Gasteiger partial charge in [0.05, 0.1) is 5.69 Å². The van der Waals surface area contributed by atoms with Crippen LogP contribution in [0.4, 0.5) is 5.82 Å². The van der Waals surface area contributed by atoms with Gasteiger partial charge < -0.3 is 15.4 Å². The average Bonchev–Trinajstić information content (AvgIpc) is 2.81. The standard InChI is InChI=1S/C12H13N3O3S/c1-6(2)10(17)14-9-5-19-12(15-9)7-3-4-8(16)11(18)13-7/h3-6,16H,1-2H3,(H,13,18)(H,14,17). The molecule has 2 heterocycles. The third-order valence-electron chi connectivity index (χ3n) is 2.40. The molecule has 0 aliphatic rings. The Morgan fingerprint density at radius 2 is 2.21 bits per heavy atom. The van der Waals surface area contributed by atoms with Crippen LogP contribution in [0.2, 0.25) is 0 Å². The molecule has 1 amide bonds. The summed E-state index contributed by atoms with van der Waals surface area (Å²) < 4.78 is 0. The maximum atomic E-state index is 11.5. The van der Waals surface area contributed by atoms with E-state index in [1.807, 2.05) is 0 Å². The fraction of sp³-hybridized carbons (Fsp3) is 0.250. The quantitative estimate of drug-likeness (QED) is 0.798. The Labute approximate surface area is 113 Å². The molecule has 0 aromatic carbocycles. The average molecular weight is 279 g/mol. The van der Waals surface area contributed by atoms with Crippen LogP contribution in [0.3, 0.4) is 0 Å². The molecule has 3 N–H and O–H groups in total. The second kappa shape index (κ2) is 5.23. The van der Waals surface area contributed by atoms with Crippen LogP contribution >= 0.6 is 11.3 Å². The Morgan fingerprint density at radius 3 is 2.84 bits per heavy atom.